The Labute approximate surface area is 153 Å². The summed E-state index contributed by atoms with van der Waals surface area (Å²) in [6.45, 7) is 5.88. The van der Waals surface area contributed by atoms with E-state index in [0.717, 1.165) is 11.1 Å². The van der Waals surface area contributed by atoms with E-state index in [1.807, 2.05) is 39.2 Å². The van der Waals surface area contributed by atoms with Crippen molar-refractivity contribution in [3.8, 4) is 0 Å². The van der Waals surface area contributed by atoms with Crippen LogP contribution < -0.4 is 34.9 Å². The molecule has 22 heavy (non-hydrogen) atoms. The minimum atomic E-state index is -4.02. The summed E-state index contributed by atoms with van der Waals surface area (Å²) in [6.07, 6.45) is 1.94. The quantitative estimate of drug-likeness (QED) is 0.445. The molecule has 2 rings (SSSR count). The fourth-order valence-electron chi connectivity index (χ4n) is 1.96. The zero-order chi connectivity index (χ0) is 16.0. The fraction of sp³-hybridized carbons (Fsp3) is 0.188. The Morgan fingerprint density at radius 3 is 1.73 bits per heavy atom. The Kier molecular flexibility index (Phi) is 9.09. The molecule has 0 heterocycles. The smallest absolute Gasteiger partial charge is 0.376 e. The molecule has 2 aromatic rings. The predicted octanol–water partition coefficient (Wildman–Crippen LogP) is -0.437. The summed E-state index contributed by atoms with van der Waals surface area (Å²) < 4.78 is 10.5. The number of benzene rings is 2. The van der Waals surface area contributed by atoms with Crippen LogP contribution in [-0.2, 0) is 9.36 Å². The molecule has 0 bridgehead atoms. The van der Waals surface area contributed by atoms with Gasteiger partial charge in [-0.3, -0.25) is 4.57 Å². The molecule has 0 aromatic heterocycles. The van der Waals surface area contributed by atoms with Gasteiger partial charge in [0.05, 0.1) is 11.6 Å². The second kappa shape index (κ2) is 9.41. The van der Waals surface area contributed by atoms with Gasteiger partial charge in [-0.1, -0.05) is 37.6 Å². The molecule has 2 aromatic carbocycles. The van der Waals surface area contributed by atoms with E-state index in [4.69, 9.17) is 9.79 Å². The Bertz CT molecular complexity index is 642. The Balaban J connectivity index is 0.000000385. The molecule has 0 saturated carbocycles. The summed E-state index contributed by atoms with van der Waals surface area (Å²) in [5.41, 5.74) is 3.92. The summed E-state index contributed by atoms with van der Waals surface area (Å²) >= 11 is 0. The number of hydrogen-bond acceptors (Lipinski definition) is 2. The molecule has 0 aliphatic heterocycles. The summed E-state index contributed by atoms with van der Waals surface area (Å²) in [5, 5.41) is 0.0648. The molecule has 0 aliphatic rings. The van der Waals surface area contributed by atoms with Gasteiger partial charge in [0.15, 0.2) is 0 Å². The molecule has 0 radical (unpaired) electrons. The number of hydrogen-bond donors (Lipinski definition) is 2. The summed E-state index contributed by atoms with van der Waals surface area (Å²) in [6, 6.07) is 11.7. The third-order valence-corrected chi connectivity index (χ3v) is 3.84. The predicted molar refractivity (Wildman–Crippen MR) is 83.6 cm³/mol. The number of carbonyl (C=O) groups excluding carboxylic acids is 1. The molecule has 0 saturated heterocycles. The maximum absolute atomic E-state index is 10.5. The van der Waals surface area contributed by atoms with Gasteiger partial charge >= 0.3 is 37.2 Å². The van der Waals surface area contributed by atoms with Crippen LogP contribution in [-0.4, -0.2) is 16.1 Å². The molecule has 2 N–H and O–H groups in total. The van der Waals surface area contributed by atoms with Gasteiger partial charge in [-0.15, -0.1) is 28.8 Å². The maximum Gasteiger partial charge on any atom is 1.00 e. The molecule has 4 nitrogen and oxygen atoms in total. The Morgan fingerprint density at radius 1 is 0.955 bits per heavy atom. The minimum Gasteiger partial charge on any atom is -0.376 e. The van der Waals surface area contributed by atoms with Crippen LogP contribution in [0.1, 0.15) is 22.3 Å². The zero-order valence-corrected chi connectivity index (χ0v) is 16.1. The molecule has 6 heteroatoms. The van der Waals surface area contributed by atoms with Crippen molar-refractivity contribution in [2.45, 2.75) is 20.8 Å². The van der Waals surface area contributed by atoms with Gasteiger partial charge < -0.3 is 14.6 Å². The van der Waals surface area contributed by atoms with Crippen molar-refractivity contribution < 1.29 is 48.7 Å². The zero-order valence-electron chi connectivity index (χ0n) is 13.2. The van der Waals surface area contributed by atoms with E-state index in [-0.39, 0.29) is 34.9 Å². The normalized spacial score (nSPS) is 10.0. The molecule has 0 atom stereocenters. The van der Waals surface area contributed by atoms with Crippen molar-refractivity contribution in [3.63, 3.8) is 0 Å². The van der Waals surface area contributed by atoms with Crippen molar-refractivity contribution in [3.05, 3.63) is 64.7 Å². The molecule has 0 amide bonds. The van der Waals surface area contributed by atoms with Crippen LogP contribution in [0.2, 0.25) is 0 Å². The first-order valence-electron chi connectivity index (χ1n) is 6.33. The third kappa shape index (κ3) is 6.57. The van der Waals surface area contributed by atoms with E-state index < -0.39 is 7.60 Å². The molecule has 0 spiro atoms. The van der Waals surface area contributed by atoms with Crippen molar-refractivity contribution >= 4 is 19.2 Å². The second-order valence-electron chi connectivity index (χ2n) is 4.76. The molecule has 0 aliphatic carbocycles. The van der Waals surface area contributed by atoms with E-state index in [1.54, 1.807) is 18.2 Å². The molecule has 112 valence electrons. The molecule has 0 fully saturated rings. The Morgan fingerprint density at radius 2 is 1.41 bits per heavy atom. The largest absolute Gasteiger partial charge is 1.00 e. The first-order chi connectivity index (χ1) is 9.75. The van der Waals surface area contributed by atoms with Crippen molar-refractivity contribution in [2.75, 3.05) is 0 Å². The molecule has 0 unspecified atom stereocenters. The van der Waals surface area contributed by atoms with Crippen molar-refractivity contribution in [2.24, 2.45) is 0 Å². The van der Waals surface area contributed by atoms with E-state index in [0.29, 0.717) is 5.56 Å². The van der Waals surface area contributed by atoms with Crippen molar-refractivity contribution in [1.82, 2.24) is 0 Å². The van der Waals surface area contributed by atoms with Crippen LogP contribution in [0.15, 0.2) is 42.5 Å². The van der Waals surface area contributed by atoms with Gasteiger partial charge in [0, 0.05) is 0 Å². The van der Waals surface area contributed by atoms with Gasteiger partial charge in [0.1, 0.15) is 0 Å². The summed E-state index contributed by atoms with van der Waals surface area (Å²) in [7, 11) is -4.02. The molecular formula is C16H18NaO4P. The standard InChI is InChI=1S/C10H11O.C6H7O3P.Na/c1-7-4-8(2)10(6-11)9(3)5-7;7-10(8,9)6-4-2-1-3-5-6;/h4-5H,1-3H3;1-5H,(H2,7,8,9);/q-1;;+1. The summed E-state index contributed by atoms with van der Waals surface area (Å²) in [5.74, 6) is 0. The first-order valence-corrected chi connectivity index (χ1v) is 7.94. The first kappa shape index (κ1) is 21.3. The van der Waals surface area contributed by atoms with Gasteiger partial charge in [-0.2, -0.15) is 0 Å². The van der Waals surface area contributed by atoms with Crippen LogP contribution in [0.3, 0.4) is 0 Å². The van der Waals surface area contributed by atoms with E-state index in [2.05, 4.69) is 0 Å². The maximum atomic E-state index is 10.5. The van der Waals surface area contributed by atoms with Gasteiger partial charge in [0.25, 0.3) is 0 Å². The van der Waals surface area contributed by atoms with Gasteiger partial charge in [-0.25, -0.2) is 0 Å². The van der Waals surface area contributed by atoms with E-state index in [9.17, 15) is 9.36 Å². The number of rotatable bonds is 2. The molecular weight excluding hydrogens is 310 g/mol. The van der Waals surface area contributed by atoms with Crippen LogP contribution in [0.5, 0.6) is 0 Å². The van der Waals surface area contributed by atoms with Crippen molar-refractivity contribution in [1.29, 1.82) is 0 Å². The van der Waals surface area contributed by atoms with E-state index >= 15 is 0 Å². The monoisotopic (exact) mass is 328 g/mol. The van der Waals surface area contributed by atoms with Gasteiger partial charge in [-0.05, 0) is 19.1 Å². The summed E-state index contributed by atoms with van der Waals surface area (Å²) in [4.78, 5) is 27.6. The average molecular weight is 328 g/mol. The topological polar surface area (TPSA) is 74.6 Å². The van der Waals surface area contributed by atoms with E-state index in [1.165, 1.54) is 17.7 Å². The third-order valence-electron chi connectivity index (χ3n) is 2.87. The van der Waals surface area contributed by atoms with Crippen LogP contribution in [0.4, 0.5) is 0 Å². The SMILES string of the molecule is Cc1cc(C)c([C-]=O)c(C)c1.O=P(O)(O)c1ccccc1.[Na+]. The van der Waals surface area contributed by atoms with Crippen LogP contribution in [0.25, 0.3) is 0 Å². The fourth-order valence-corrected chi connectivity index (χ4v) is 2.52. The van der Waals surface area contributed by atoms with Gasteiger partial charge in [0.2, 0.25) is 0 Å². The second-order valence-corrected chi connectivity index (χ2v) is 6.36. The van der Waals surface area contributed by atoms with Crippen LogP contribution >= 0.6 is 7.60 Å². The average Bonchev–Trinajstić information content (AvgIpc) is 2.39. The minimum absolute atomic E-state index is 0. The van der Waals surface area contributed by atoms with Crippen LogP contribution in [0, 0.1) is 20.8 Å². The number of aryl methyl sites for hydroxylation is 3. The Hall–Kier alpha value is -0.740.